The minimum atomic E-state index is -0.211. The average molecular weight is 385 g/mol. The third-order valence-corrected chi connectivity index (χ3v) is 9.27. The Labute approximate surface area is 167 Å². The molecule has 4 heteroatoms. The van der Waals surface area contributed by atoms with E-state index in [1.165, 1.54) is 25.3 Å². The topological polar surface area (TPSA) is 52.6 Å². The van der Waals surface area contributed by atoms with Crippen LogP contribution in [0.25, 0.3) is 0 Å². The zero-order valence-electron chi connectivity index (χ0n) is 17.3. The predicted octanol–water partition coefficient (Wildman–Crippen LogP) is 4.73. The Bertz CT molecular complexity index is 781. The Hall–Kier alpha value is -1.58. The molecular formula is C24H32O4. The van der Waals surface area contributed by atoms with E-state index >= 15 is 0 Å². The van der Waals surface area contributed by atoms with Crippen molar-refractivity contribution in [1.82, 2.24) is 0 Å². The fourth-order valence-electron chi connectivity index (χ4n) is 7.73. The molecule has 0 amide bonds. The summed E-state index contributed by atoms with van der Waals surface area (Å²) in [6.07, 6.45) is 14.9. The summed E-state index contributed by atoms with van der Waals surface area (Å²) < 4.78 is 11.5. The molecule has 1 saturated heterocycles. The van der Waals surface area contributed by atoms with Gasteiger partial charge in [0.25, 0.3) is 0 Å². The fraction of sp³-hybridized carbons (Fsp3) is 0.750. The average Bonchev–Trinajstić information content (AvgIpc) is 3.16. The molecule has 1 spiro atoms. The van der Waals surface area contributed by atoms with Crippen molar-refractivity contribution in [2.75, 3.05) is 0 Å². The Balaban J connectivity index is 1.46. The number of fused-ring (bicyclic) bond motifs is 6. The van der Waals surface area contributed by atoms with Gasteiger partial charge < -0.3 is 9.47 Å². The van der Waals surface area contributed by atoms with Gasteiger partial charge in [-0.3, -0.25) is 9.59 Å². The Morgan fingerprint density at radius 2 is 1.89 bits per heavy atom. The quantitative estimate of drug-likeness (QED) is 0.613. The number of esters is 2. The van der Waals surface area contributed by atoms with Crippen molar-refractivity contribution in [3.05, 3.63) is 23.8 Å². The molecule has 1 aliphatic heterocycles. The fourth-order valence-corrected chi connectivity index (χ4v) is 7.73. The molecule has 0 unspecified atom stereocenters. The summed E-state index contributed by atoms with van der Waals surface area (Å²) in [7, 11) is 0. The Morgan fingerprint density at radius 3 is 2.61 bits per heavy atom. The minimum Gasteiger partial charge on any atom is -0.458 e. The molecule has 0 aromatic carbocycles. The second kappa shape index (κ2) is 5.96. The predicted molar refractivity (Wildman–Crippen MR) is 105 cm³/mol. The second-order valence-electron chi connectivity index (χ2n) is 10.3. The van der Waals surface area contributed by atoms with E-state index in [1.54, 1.807) is 0 Å². The van der Waals surface area contributed by atoms with Gasteiger partial charge in [-0.1, -0.05) is 26.0 Å². The lowest BCUT2D eigenvalue weighted by Crippen LogP contribution is -2.53. The van der Waals surface area contributed by atoms with Gasteiger partial charge in [0.2, 0.25) is 0 Å². The van der Waals surface area contributed by atoms with E-state index in [9.17, 15) is 9.59 Å². The van der Waals surface area contributed by atoms with Gasteiger partial charge in [-0.05, 0) is 79.8 Å². The Kier molecular flexibility index (Phi) is 3.93. The van der Waals surface area contributed by atoms with Gasteiger partial charge in [0, 0.05) is 18.8 Å². The largest absolute Gasteiger partial charge is 0.458 e. The van der Waals surface area contributed by atoms with Crippen molar-refractivity contribution in [3.8, 4) is 0 Å². The van der Waals surface area contributed by atoms with Gasteiger partial charge >= 0.3 is 11.9 Å². The number of hydrogen-bond donors (Lipinski definition) is 0. The molecule has 3 fully saturated rings. The van der Waals surface area contributed by atoms with Gasteiger partial charge in [0.15, 0.2) is 0 Å². The molecule has 0 bridgehead atoms. The number of ether oxygens (including phenoxy) is 2. The molecule has 152 valence electrons. The van der Waals surface area contributed by atoms with Crippen molar-refractivity contribution in [2.45, 2.75) is 83.8 Å². The highest BCUT2D eigenvalue weighted by Crippen LogP contribution is 2.68. The van der Waals surface area contributed by atoms with Crippen molar-refractivity contribution in [3.63, 3.8) is 0 Å². The summed E-state index contributed by atoms with van der Waals surface area (Å²) in [5, 5.41) is 0. The summed E-state index contributed by atoms with van der Waals surface area (Å²) in [6, 6.07) is 0. The summed E-state index contributed by atoms with van der Waals surface area (Å²) in [5.74, 6) is 1.60. The van der Waals surface area contributed by atoms with Crippen LogP contribution in [0, 0.1) is 28.6 Å². The van der Waals surface area contributed by atoms with Gasteiger partial charge in [0.05, 0.1) is 0 Å². The first kappa shape index (κ1) is 18.4. The summed E-state index contributed by atoms with van der Waals surface area (Å²) >= 11 is 0. The van der Waals surface area contributed by atoms with E-state index in [1.807, 2.05) is 0 Å². The van der Waals surface area contributed by atoms with Gasteiger partial charge in [-0.2, -0.15) is 0 Å². The van der Waals surface area contributed by atoms with E-state index in [0.29, 0.717) is 24.2 Å². The summed E-state index contributed by atoms with van der Waals surface area (Å²) in [5.41, 5.74) is 1.42. The lowest BCUT2D eigenvalue weighted by molar-refractivity contribution is -0.165. The van der Waals surface area contributed by atoms with Crippen LogP contribution in [0.2, 0.25) is 0 Å². The zero-order valence-corrected chi connectivity index (χ0v) is 17.3. The molecule has 28 heavy (non-hydrogen) atoms. The van der Waals surface area contributed by atoms with E-state index in [0.717, 1.165) is 32.1 Å². The van der Waals surface area contributed by atoms with Crippen molar-refractivity contribution >= 4 is 11.9 Å². The van der Waals surface area contributed by atoms with Crippen LogP contribution in [0.1, 0.15) is 72.1 Å². The molecule has 4 aliphatic carbocycles. The monoisotopic (exact) mass is 384 g/mol. The van der Waals surface area contributed by atoms with Crippen LogP contribution in [-0.2, 0) is 19.1 Å². The van der Waals surface area contributed by atoms with E-state index in [-0.39, 0.29) is 34.5 Å². The van der Waals surface area contributed by atoms with Crippen LogP contribution in [0.3, 0.4) is 0 Å². The van der Waals surface area contributed by atoms with Gasteiger partial charge in [-0.25, -0.2) is 0 Å². The third kappa shape index (κ3) is 2.35. The molecule has 0 aromatic rings. The number of allylic oxidation sites excluding steroid dienone is 3. The van der Waals surface area contributed by atoms with Crippen LogP contribution in [0.4, 0.5) is 0 Å². The normalized spacial score (nSPS) is 49.1. The molecule has 7 atom stereocenters. The molecule has 2 saturated carbocycles. The number of rotatable bonds is 1. The first-order valence-electron chi connectivity index (χ1n) is 11.1. The maximum absolute atomic E-state index is 12.0. The molecule has 0 aromatic heterocycles. The van der Waals surface area contributed by atoms with Crippen molar-refractivity contribution in [1.29, 1.82) is 0 Å². The SMILES string of the molecule is CC(=O)O[C@@H]1C=C2C=C[C@@H]3[C@@H](CC[C@@]4(C)[C@@H]3CC[C@@]43CCC(=O)O3)[C@@]2(C)CC1. The molecular weight excluding hydrogens is 352 g/mol. The minimum absolute atomic E-state index is 0.00385. The third-order valence-electron chi connectivity index (χ3n) is 9.27. The maximum atomic E-state index is 12.0. The van der Waals surface area contributed by atoms with Crippen molar-refractivity contribution in [2.24, 2.45) is 28.6 Å². The number of carbonyl (C=O) groups excluding carboxylic acids is 2. The smallest absolute Gasteiger partial charge is 0.306 e. The highest BCUT2D eigenvalue weighted by molar-refractivity contribution is 5.72. The van der Waals surface area contributed by atoms with Crippen LogP contribution >= 0.6 is 0 Å². The number of hydrogen-bond acceptors (Lipinski definition) is 4. The Morgan fingerprint density at radius 1 is 1.11 bits per heavy atom. The van der Waals surface area contributed by atoms with E-state index in [4.69, 9.17) is 9.47 Å². The number of carbonyl (C=O) groups is 2. The lowest BCUT2D eigenvalue weighted by atomic mass is 9.48. The molecule has 0 radical (unpaired) electrons. The van der Waals surface area contributed by atoms with Gasteiger partial charge in [0.1, 0.15) is 11.7 Å². The lowest BCUT2D eigenvalue weighted by Gasteiger charge is -2.57. The van der Waals surface area contributed by atoms with Crippen LogP contribution in [0.5, 0.6) is 0 Å². The summed E-state index contributed by atoms with van der Waals surface area (Å²) in [6.45, 7) is 6.32. The molecule has 4 nitrogen and oxygen atoms in total. The van der Waals surface area contributed by atoms with Crippen LogP contribution < -0.4 is 0 Å². The summed E-state index contributed by atoms with van der Waals surface area (Å²) in [4.78, 5) is 23.4. The standard InChI is InChI=1S/C24H32O4/c1-15(25)27-17-6-10-22(2)16(14-17)4-5-18-19(22)7-11-23(3)20(18)8-12-24(23)13-9-21(26)28-24/h4-5,14,17-20H,6-13H2,1-3H3/t17-,18+,19+,20+,22-,23-,24+/m0/s1. The maximum Gasteiger partial charge on any atom is 0.306 e. The van der Waals surface area contributed by atoms with E-state index < -0.39 is 0 Å². The van der Waals surface area contributed by atoms with Gasteiger partial charge in [-0.15, -0.1) is 0 Å². The highest BCUT2D eigenvalue weighted by atomic mass is 16.6. The van der Waals surface area contributed by atoms with Crippen molar-refractivity contribution < 1.29 is 19.1 Å². The van der Waals surface area contributed by atoms with Crippen LogP contribution in [0.15, 0.2) is 23.8 Å². The first-order valence-corrected chi connectivity index (χ1v) is 11.1. The zero-order chi connectivity index (χ0) is 19.7. The van der Waals surface area contributed by atoms with Crippen LogP contribution in [-0.4, -0.2) is 23.6 Å². The molecule has 5 aliphatic rings. The first-order chi connectivity index (χ1) is 13.3. The molecule has 1 heterocycles. The van der Waals surface area contributed by atoms with E-state index in [2.05, 4.69) is 32.1 Å². The second-order valence-corrected chi connectivity index (χ2v) is 10.3. The highest BCUT2D eigenvalue weighted by Gasteiger charge is 2.66. The molecule has 5 rings (SSSR count). The molecule has 0 N–H and O–H groups in total.